The summed E-state index contributed by atoms with van der Waals surface area (Å²) < 4.78 is 14.2. The maximum atomic E-state index is 12.7. The molecule has 0 spiro atoms. The molecule has 8 nitrogen and oxygen atoms in total. The fraction of sp³-hybridized carbons (Fsp3) is 0.550. The topological polar surface area (TPSA) is 78.6 Å². The van der Waals surface area contributed by atoms with Crippen LogP contribution in [0.3, 0.4) is 0 Å². The Balaban J connectivity index is 1.35. The molecule has 0 radical (unpaired) electrons. The number of carbonyl (C=O) groups excluding carboxylic acids is 1. The monoisotopic (exact) mass is 386 g/mol. The van der Waals surface area contributed by atoms with Gasteiger partial charge in [0.2, 0.25) is 5.91 Å². The van der Waals surface area contributed by atoms with E-state index in [2.05, 4.69) is 5.10 Å². The normalized spacial score (nSPS) is 19.7. The highest BCUT2D eigenvalue weighted by atomic mass is 16.5. The van der Waals surface area contributed by atoms with Crippen molar-refractivity contribution in [1.29, 1.82) is 0 Å². The Morgan fingerprint density at radius 2 is 1.93 bits per heavy atom. The van der Waals surface area contributed by atoms with Crippen molar-refractivity contribution in [3.05, 3.63) is 46.6 Å². The average molecular weight is 386 g/mol. The van der Waals surface area contributed by atoms with E-state index in [1.165, 1.54) is 4.68 Å². The molecule has 1 unspecified atom stereocenters. The molecule has 1 saturated heterocycles. The highest BCUT2D eigenvalue weighted by Crippen LogP contribution is 2.21. The number of nitrogens with zero attached hydrogens (tertiary/aromatic N) is 4. The van der Waals surface area contributed by atoms with E-state index in [0.29, 0.717) is 58.8 Å². The van der Waals surface area contributed by atoms with Crippen molar-refractivity contribution in [2.24, 2.45) is 5.92 Å². The molecule has 1 aromatic carbocycles. The lowest BCUT2D eigenvalue weighted by atomic mass is 9.98. The van der Waals surface area contributed by atoms with E-state index in [9.17, 15) is 9.59 Å². The number of para-hydroxylation sites is 1. The predicted molar refractivity (Wildman–Crippen MR) is 102 cm³/mol. The molecule has 1 atom stereocenters. The van der Waals surface area contributed by atoms with Gasteiger partial charge in [0.15, 0.2) is 0 Å². The Labute approximate surface area is 163 Å². The van der Waals surface area contributed by atoms with Gasteiger partial charge in [-0.3, -0.25) is 9.36 Å². The maximum absolute atomic E-state index is 12.7. The van der Waals surface area contributed by atoms with Gasteiger partial charge in [-0.25, -0.2) is 9.48 Å². The van der Waals surface area contributed by atoms with Gasteiger partial charge < -0.3 is 14.4 Å². The summed E-state index contributed by atoms with van der Waals surface area (Å²) in [7, 11) is 0. The van der Waals surface area contributed by atoms with Crippen LogP contribution in [0.1, 0.15) is 18.7 Å². The van der Waals surface area contributed by atoms with Gasteiger partial charge >= 0.3 is 5.69 Å². The summed E-state index contributed by atoms with van der Waals surface area (Å²) in [5, 5.41) is 4.49. The molecular weight excluding hydrogens is 360 g/mol. The first-order chi connectivity index (χ1) is 13.7. The summed E-state index contributed by atoms with van der Waals surface area (Å²) in [6.45, 7) is 3.87. The van der Waals surface area contributed by atoms with E-state index in [-0.39, 0.29) is 17.5 Å². The van der Waals surface area contributed by atoms with Gasteiger partial charge in [0.1, 0.15) is 18.2 Å². The first-order valence-electron chi connectivity index (χ1n) is 9.93. The quantitative estimate of drug-likeness (QED) is 0.764. The van der Waals surface area contributed by atoms with E-state index in [4.69, 9.17) is 9.47 Å². The Morgan fingerprint density at radius 1 is 1.14 bits per heavy atom. The van der Waals surface area contributed by atoms with Gasteiger partial charge in [-0.1, -0.05) is 18.2 Å². The number of hydrogen-bond donors (Lipinski definition) is 0. The molecule has 1 aromatic heterocycles. The van der Waals surface area contributed by atoms with Crippen LogP contribution in [0, 0.1) is 5.92 Å². The Morgan fingerprint density at radius 3 is 2.71 bits per heavy atom. The van der Waals surface area contributed by atoms with Crippen LogP contribution in [0.15, 0.2) is 35.1 Å². The summed E-state index contributed by atoms with van der Waals surface area (Å²) in [5.74, 6) is 1.68. The number of benzene rings is 1. The van der Waals surface area contributed by atoms with Crippen LogP contribution in [-0.2, 0) is 29.0 Å². The molecule has 2 aromatic rings. The van der Waals surface area contributed by atoms with Gasteiger partial charge in [0.25, 0.3) is 0 Å². The predicted octanol–water partition coefficient (Wildman–Crippen LogP) is 0.935. The van der Waals surface area contributed by atoms with Crippen molar-refractivity contribution in [2.75, 3.05) is 32.9 Å². The number of hydrogen-bond acceptors (Lipinski definition) is 5. The summed E-state index contributed by atoms with van der Waals surface area (Å²) >= 11 is 0. The smallest absolute Gasteiger partial charge is 0.346 e. The highest BCUT2D eigenvalue weighted by Gasteiger charge is 2.29. The third kappa shape index (κ3) is 4.11. The standard InChI is InChI=1S/C20H26N4O4/c25-19(22-10-13-27-14-11-22)16-6-7-18-21-24(20(26)23(18)9-8-16)12-15-28-17-4-2-1-3-5-17/h1-5,16H,6-15H2. The van der Waals surface area contributed by atoms with Crippen molar-refractivity contribution < 1.29 is 14.3 Å². The van der Waals surface area contributed by atoms with E-state index < -0.39 is 0 Å². The fourth-order valence-electron chi connectivity index (χ4n) is 3.83. The summed E-state index contributed by atoms with van der Waals surface area (Å²) in [4.78, 5) is 27.3. The second kappa shape index (κ2) is 8.60. The Kier molecular flexibility index (Phi) is 5.76. The molecule has 3 heterocycles. The summed E-state index contributed by atoms with van der Waals surface area (Å²) in [6, 6.07) is 9.53. The fourth-order valence-corrected chi connectivity index (χ4v) is 3.83. The number of carbonyl (C=O) groups is 1. The molecule has 0 bridgehead atoms. The van der Waals surface area contributed by atoms with Crippen molar-refractivity contribution in [2.45, 2.75) is 32.4 Å². The van der Waals surface area contributed by atoms with E-state index in [1.54, 1.807) is 4.57 Å². The van der Waals surface area contributed by atoms with Crippen LogP contribution in [0.2, 0.25) is 0 Å². The number of rotatable bonds is 5. The number of aromatic nitrogens is 3. The molecule has 0 N–H and O–H groups in total. The van der Waals surface area contributed by atoms with Crippen LogP contribution in [0.5, 0.6) is 5.75 Å². The van der Waals surface area contributed by atoms with Gasteiger partial charge in [0, 0.05) is 32.0 Å². The first kappa shape index (κ1) is 18.7. The Hall–Kier alpha value is -2.61. The molecule has 1 fully saturated rings. The number of aryl methyl sites for hydroxylation is 1. The molecule has 0 aliphatic carbocycles. The zero-order valence-electron chi connectivity index (χ0n) is 16.0. The molecule has 28 heavy (non-hydrogen) atoms. The maximum Gasteiger partial charge on any atom is 0.346 e. The van der Waals surface area contributed by atoms with E-state index in [0.717, 1.165) is 18.0 Å². The Bertz CT molecular complexity index is 855. The third-order valence-electron chi connectivity index (χ3n) is 5.40. The second-order valence-corrected chi connectivity index (χ2v) is 7.20. The van der Waals surface area contributed by atoms with Crippen LogP contribution in [-0.4, -0.2) is 58.1 Å². The molecule has 4 rings (SSSR count). The SMILES string of the molecule is O=C(C1CCc2nn(CCOc3ccccc3)c(=O)n2CC1)N1CCOCC1. The van der Waals surface area contributed by atoms with Gasteiger partial charge in [-0.15, -0.1) is 0 Å². The van der Waals surface area contributed by atoms with Crippen LogP contribution >= 0.6 is 0 Å². The van der Waals surface area contributed by atoms with E-state index in [1.807, 2.05) is 35.2 Å². The van der Waals surface area contributed by atoms with Crippen LogP contribution in [0.25, 0.3) is 0 Å². The third-order valence-corrected chi connectivity index (χ3v) is 5.40. The molecule has 8 heteroatoms. The molecule has 2 aliphatic rings. The lowest BCUT2D eigenvalue weighted by molar-refractivity contribution is -0.140. The molecule has 0 saturated carbocycles. The highest BCUT2D eigenvalue weighted by molar-refractivity contribution is 5.79. The zero-order valence-corrected chi connectivity index (χ0v) is 16.0. The number of ether oxygens (including phenoxy) is 2. The summed E-state index contributed by atoms with van der Waals surface area (Å²) in [6.07, 6.45) is 2.05. The van der Waals surface area contributed by atoms with Crippen LogP contribution < -0.4 is 10.4 Å². The average Bonchev–Trinajstić information content (AvgIpc) is 2.91. The minimum absolute atomic E-state index is 0.0472. The minimum atomic E-state index is -0.119. The van der Waals surface area contributed by atoms with Crippen molar-refractivity contribution >= 4 is 5.91 Å². The summed E-state index contributed by atoms with van der Waals surface area (Å²) in [5.41, 5.74) is -0.119. The van der Waals surface area contributed by atoms with Crippen molar-refractivity contribution in [3.63, 3.8) is 0 Å². The molecular formula is C20H26N4O4. The van der Waals surface area contributed by atoms with Gasteiger partial charge in [-0.2, -0.15) is 5.10 Å². The largest absolute Gasteiger partial charge is 0.492 e. The van der Waals surface area contributed by atoms with Crippen molar-refractivity contribution in [1.82, 2.24) is 19.2 Å². The van der Waals surface area contributed by atoms with Crippen molar-refractivity contribution in [3.8, 4) is 5.75 Å². The van der Waals surface area contributed by atoms with Crippen LogP contribution in [0.4, 0.5) is 0 Å². The lowest BCUT2D eigenvalue weighted by Gasteiger charge is -2.30. The number of amides is 1. The van der Waals surface area contributed by atoms with E-state index >= 15 is 0 Å². The zero-order chi connectivity index (χ0) is 19.3. The lowest BCUT2D eigenvalue weighted by Crippen LogP contribution is -2.44. The molecule has 1 amide bonds. The molecule has 2 aliphatic heterocycles. The number of fused-ring (bicyclic) bond motifs is 1. The first-order valence-corrected chi connectivity index (χ1v) is 9.93. The van der Waals surface area contributed by atoms with Gasteiger partial charge in [0.05, 0.1) is 19.8 Å². The number of morpholine rings is 1. The second-order valence-electron chi connectivity index (χ2n) is 7.20. The molecule has 150 valence electrons. The van der Waals surface area contributed by atoms with Gasteiger partial charge in [-0.05, 0) is 25.0 Å². The minimum Gasteiger partial charge on any atom is -0.492 e.